The molecule has 3 heteroatoms. The fourth-order valence-electron chi connectivity index (χ4n) is 9.24. The van der Waals surface area contributed by atoms with E-state index in [2.05, 4.69) is 41.5 Å². The summed E-state index contributed by atoms with van der Waals surface area (Å²) in [6, 6.07) is 0. The second-order valence-corrected chi connectivity index (χ2v) is 13.4. The fraction of sp³-hybridized carbons (Fsp3) is 0.833. The lowest BCUT2D eigenvalue weighted by atomic mass is 9.43. The van der Waals surface area contributed by atoms with E-state index in [1.165, 1.54) is 25.7 Å². The van der Waals surface area contributed by atoms with Crippen LogP contribution in [0.1, 0.15) is 106 Å². The maximum Gasteiger partial charge on any atom is 0.138 e. The molecule has 4 aliphatic carbocycles. The molecular weight excluding hydrogens is 408 g/mol. The van der Waals surface area contributed by atoms with E-state index in [0.29, 0.717) is 24.0 Å². The van der Waals surface area contributed by atoms with E-state index in [1.807, 2.05) is 13.0 Å². The van der Waals surface area contributed by atoms with Gasteiger partial charge in [-0.3, -0.25) is 4.79 Å². The predicted octanol–water partition coefficient (Wildman–Crippen LogP) is 6.63. The van der Waals surface area contributed by atoms with Gasteiger partial charge in [0, 0.05) is 11.8 Å². The second-order valence-electron chi connectivity index (χ2n) is 13.4. The van der Waals surface area contributed by atoms with Crippen molar-refractivity contribution in [2.45, 2.75) is 112 Å². The molecule has 3 nitrogen and oxygen atoms in total. The van der Waals surface area contributed by atoms with Crippen molar-refractivity contribution in [2.75, 3.05) is 6.61 Å². The number of Topliss-reactive ketones (excluding diaryl/α,β-unsaturated/α-hetero) is 1. The molecule has 0 unspecified atom stereocenters. The van der Waals surface area contributed by atoms with Crippen molar-refractivity contribution < 1.29 is 15.0 Å². The predicted molar refractivity (Wildman–Crippen MR) is 135 cm³/mol. The van der Waals surface area contributed by atoms with Crippen LogP contribution >= 0.6 is 0 Å². The first-order valence-electron chi connectivity index (χ1n) is 13.5. The number of hydrogen-bond acceptors (Lipinski definition) is 3. The summed E-state index contributed by atoms with van der Waals surface area (Å²) in [4.78, 5) is 12.8. The number of allylic oxidation sites excluding steroid dienone is 2. The number of aliphatic hydroxyl groups is 2. The van der Waals surface area contributed by atoms with Gasteiger partial charge in [-0.05, 0) is 92.3 Å². The maximum atomic E-state index is 12.8. The number of carbonyl (C=O) groups excluding carboxylic acids is 1. The molecule has 2 fully saturated rings. The molecule has 0 heterocycles. The summed E-state index contributed by atoms with van der Waals surface area (Å²) in [5.74, 6) is 1.71. The Labute approximate surface area is 202 Å². The van der Waals surface area contributed by atoms with Crippen LogP contribution in [0.3, 0.4) is 0 Å². The van der Waals surface area contributed by atoms with Crippen molar-refractivity contribution in [2.24, 2.45) is 39.4 Å². The van der Waals surface area contributed by atoms with E-state index >= 15 is 0 Å². The van der Waals surface area contributed by atoms with Crippen LogP contribution in [-0.2, 0) is 4.79 Å². The van der Waals surface area contributed by atoms with E-state index < -0.39 is 0 Å². The summed E-state index contributed by atoms with van der Waals surface area (Å²) in [5.41, 5.74) is 4.78. The number of hydrogen-bond donors (Lipinski definition) is 2. The zero-order valence-electron chi connectivity index (χ0n) is 22.3. The number of ketones is 1. The van der Waals surface area contributed by atoms with Gasteiger partial charge < -0.3 is 10.2 Å². The highest BCUT2D eigenvalue weighted by Gasteiger charge is 2.63. The van der Waals surface area contributed by atoms with Crippen LogP contribution < -0.4 is 0 Å². The van der Waals surface area contributed by atoms with Crippen LogP contribution in [0.4, 0.5) is 0 Å². The SMILES string of the molecule is C/C(=C\C[C@H](O)[C@@H](C)[C@H]1CC[C@@]2(C)C3=C(CC[C@]12C)[C@@]1(C)CCC(=O)C(C)(C)[C@@H]1CC3)CO. The van der Waals surface area contributed by atoms with E-state index in [0.717, 1.165) is 31.3 Å². The normalized spacial score (nSPS) is 42.5. The summed E-state index contributed by atoms with van der Waals surface area (Å²) >= 11 is 0. The first-order chi connectivity index (χ1) is 15.3. The molecule has 7 atom stereocenters. The van der Waals surface area contributed by atoms with Gasteiger partial charge in [0.15, 0.2) is 0 Å². The number of aliphatic hydroxyl groups excluding tert-OH is 2. The zero-order chi connectivity index (χ0) is 24.4. The zero-order valence-corrected chi connectivity index (χ0v) is 22.3. The Morgan fingerprint density at radius 1 is 1.03 bits per heavy atom. The van der Waals surface area contributed by atoms with Gasteiger partial charge in [0.1, 0.15) is 5.78 Å². The monoisotopic (exact) mass is 456 g/mol. The van der Waals surface area contributed by atoms with E-state index in [9.17, 15) is 15.0 Å². The molecule has 4 aliphatic rings. The lowest BCUT2D eigenvalue weighted by Gasteiger charge is -2.61. The van der Waals surface area contributed by atoms with Crippen molar-refractivity contribution >= 4 is 5.78 Å². The Hall–Kier alpha value is -0.930. The summed E-state index contributed by atoms with van der Waals surface area (Å²) in [7, 11) is 0. The smallest absolute Gasteiger partial charge is 0.138 e. The first kappa shape index (κ1) is 25.2. The van der Waals surface area contributed by atoms with Crippen LogP contribution in [0, 0.1) is 39.4 Å². The van der Waals surface area contributed by atoms with E-state index in [1.54, 1.807) is 11.1 Å². The molecule has 2 N–H and O–H groups in total. The van der Waals surface area contributed by atoms with Gasteiger partial charge in [-0.1, -0.05) is 64.3 Å². The molecular formula is C30H48O3. The number of fused-ring (bicyclic) bond motifs is 4. The molecule has 186 valence electrons. The lowest BCUT2D eigenvalue weighted by Crippen LogP contribution is -2.54. The molecule has 4 rings (SSSR count). The van der Waals surface area contributed by atoms with Gasteiger partial charge in [0.2, 0.25) is 0 Å². The third kappa shape index (κ3) is 3.54. The third-order valence-electron chi connectivity index (χ3n) is 11.8. The number of rotatable bonds is 5. The van der Waals surface area contributed by atoms with Gasteiger partial charge in [-0.25, -0.2) is 0 Å². The van der Waals surface area contributed by atoms with Crippen molar-refractivity contribution in [3.8, 4) is 0 Å². The lowest BCUT2D eigenvalue weighted by molar-refractivity contribution is -0.139. The van der Waals surface area contributed by atoms with Crippen molar-refractivity contribution in [1.82, 2.24) is 0 Å². The van der Waals surface area contributed by atoms with Crippen LogP contribution in [-0.4, -0.2) is 28.7 Å². The molecule has 0 aromatic rings. The Bertz CT molecular complexity index is 866. The largest absolute Gasteiger partial charge is 0.393 e. The summed E-state index contributed by atoms with van der Waals surface area (Å²) in [5, 5.41) is 20.4. The van der Waals surface area contributed by atoms with Crippen LogP contribution in [0.25, 0.3) is 0 Å². The minimum absolute atomic E-state index is 0.0689. The molecule has 0 amide bonds. The maximum absolute atomic E-state index is 12.8. The van der Waals surface area contributed by atoms with Crippen molar-refractivity contribution in [1.29, 1.82) is 0 Å². The Balaban J connectivity index is 1.65. The molecule has 0 aliphatic heterocycles. The van der Waals surface area contributed by atoms with Crippen molar-refractivity contribution in [3.05, 3.63) is 22.8 Å². The average molecular weight is 457 g/mol. The Kier molecular flexibility index (Phi) is 6.35. The Morgan fingerprint density at radius 3 is 2.39 bits per heavy atom. The average Bonchev–Trinajstić information content (AvgIpc) is 3.05. The standard InChI is InChI=1S/C30H48O3/c1-19(18-31)8-10-24(32)20(2)21-12-16-30(7)23-9-11-25-27(3,4)26(33)14-15-28(25,5)22(23)13-17-29(21,30)6/h8,20-21,24-25,31-32H,9-18H2,1-7H3/b19-8+/t20-,21+,24-,25-,28+,29+,30-/m0/s1. The third-order valence-corrected chi connectivity index (χ3v) is 11.8. The minimum Gasteiger partial charge on any atom is -0.393 e. The molecule has 0 spiro atoms. The molecule has 0 aromatic heterocycles. The van der Waals surface area contributed by atoms with Crippen LogP contribution in [0.2, 0.25) is 0 Å². The highest BCUT2D eigenvalue weighted by Crippen LogP contribution is 2.72. The molecule has 0 aromatic carbocycles. The quantitative estimate of drug-likeness (QED) is 0.456. The van der Waals surface area contributed by atoms with E-state index in [4.69, 9.17) is 0 Å². The Morgan fingerprint density at radius 2 is 1.73 bits per heavy atom. The van der Waals surface area contributed by atoms with Crippen LogP contribution in [0.15, 0.2) is 22.8 Å². The van der Waals surface area contributed by atoms with Gasteiger partial charge in [-0.2, -0.15) is 0 Å². The van der Waals surface area contributed by atoms with Crippen LogP contribution in [0.5, 0.6) is 0 Å². The first-order valence-corrected chi connectivity index (χ1v) is 13.5. The van der Waals surface area contributed by atoms with E-state index in [-0.39, 0.29) is 40.3 Å². The van der Waals surface area contributed by atoms with Gasteiger partial charge >= 0.3 is 0 Å². The summed E-state index contributed by atoms with van der Waals surface area (Å²) in [6.45, 7) is 16.2. The van der Waals surface area contributed by atoms with Gasteiger partial charge in [-0.15, -0.1) is 0 Å². The molecule has 0 saturated heterocycles. The summed E-state index contributed by atoms with van der Waals surface area (Å²) in [6.07, 6.45) is 11.1. The molecule has 0 radical (unpaired) electrons. The fourth-order valence-corrected chi connectivity index (χ4v) is 9.24. The second kappa shape index (κ2) is 8.33. The number of carbonyl (C=O) groups is 1. The van der Waals surface area contributed by atoms with Gasteiger partial charge in [0.25, 0.3) is 0 Å². The minimum atomic E-state index is -0.357. The highest BCUT2D eigenvalue weighted by molar-refractivity contribution is 5.85. The molecule has 0 bridgehead atoms. The molecule has 33 heavy (non-hydrogen) atoms. The van der Waals surface area contributed by atoms with Crippen molar-refractivity contribution in [3.63, 3.8) is 0 Å². The highest BCUT2D eigenvalue weighted by atomic mass is 16.3. The van der Waals surface area contributed by atoms with Gasteiger partial charge in [0.05, 0.1) is 12.7 Å². The topological polar surface area (TPSA) is 57.5 Å². The summed E-state index contributed by atoms with van der Waals surface area (Å²) < 4.78 is 0. The molecule has 2 saturated carbocycles.